The van der Waals surface area contributed by atoms with Crippen molar-refractivity contribution in [3.63, 3.8) is 0 Å². The number of carbonyl (C=O) groups is 1. The highest BCUT2D eigenvalue weighted by Gasteiger charge is 2.24. The summed E-state index contributed by atoms with van der Waals surface area (Å²) in [5, 5.41) is 4.36. The molecule has 11 heteroatoms. The van der Waals surface area contributed by atoms with E-state index in [0.717, 1.165) is 12.8 Å². The van der Waals surface area contributed by atoms with Crippen LogP contribution in [0.2, 0.25) is 0 Å². The lowest BCUT2D eigenvalue weighted by atomic mass is 10.1. The van der Waals surface area contributed by atoms with Crippen molar-refractivity contribution in [2.45, 2.75) is 66.2 Å². The van der Waals surface area contributed by atoms with Crippen LogP contribution in [-0.4, -0.2) is 39.8 Å². The first-order chi connectivity index (χ1) is 16.9. The van der Waals surface area contributed by atoms with Gasteiger partial charge in [0.2, 0.25) is 0 Å². The SMILES string of the molecule is CCCCn1c(=O)[nH]c(=O)c2c1nc(COC(=O)c1cnn(-c3ccccn3)c1C(C)C)n2CC. The van der Waals surface area contributed by atoms with Gasteiger partial charge in [0.1, 0.15) is 18.0 Å². The number of nitrogens with zero attached hydrogens (tertiary/aromatic N) is 6. The van der Waals surface area contributed by atoms with Crippen LogP contribution in [0.3, 0.4) is 0 Å². The fourth-order valence-electron chi connectivity index (χ4n) is 4.13. The quantitative estimate of drug-likeness (QED) is 0.365. The number of nitrogens with one attached hydrogen (secondary N) is 1. The predicted octanol–water partition coefficient (Wildman–Crippen LogP) is 2.77. The summed E-state index contributed by atoms with van der Waals surface area (Å²) < 4.78 is 10.4. The standard InChI is InChI=1S/C24H29N7O4/c1-5-7-12-30-21-20(22(32)28-24(30)34)29(6-2)18(27-21)14-35-23(33)16-13-26-31(19(16)15(3)4)17-10-8-9-11-25-17/h8-11,13,15H,5-7,12,14H2,1-4H3,(H,28,32,34). The second-order valence-electron chi connectivity index (χ2n) is 8.48. The molecule has 4 rings (SSSR count). The minimum absolute atomic E-state index is 0.0196. The van der Waals surface area contributed by atoms with Crippen LogP contribution in [-0.2, 0) is 24.4 Å². The van der Waals surface area contributed by atoms with Crippen molar-refractivity contribution in [2.24, 2.45) is 0 Å². The summed E-state index contributed by atoms with van der Waals surface area (Å²) in [6.45, 7) is 8.51. The van der Waals surface area contributed by atoms with Gasteiger partial charge in [0, 0.05) is 19.3 Å². The van der Waals surface area contributed by atoms with Crippen molar-refractivity contribution < 1.29 is 9.53 Å². The Kier molecular flexibility index (Phi) is 6.94. The largest absolute Gasteiger partial charge is 0.454 e. The van der Waals surface area contributed by atoms with Gasteiger partial charge in [0.25, 0.3) is 5.56 Å². The van der Waals surface area contributed by atoms with Crippen molar-refractivity contribution in [3.8, 4) is 5.82 Å². The van der Waals surface area contributed by atoms with Gasteiger partial charge in [-0.25, -0.2) is 24.2 Å². The Bertz CT molecular complexity index is 1460. The van der Waals surface area contributed by atoms with Crippen LogP contribution in [0.15, 0.2) is 40.2 Å². The number of aryl methyl sites for hydroxylation is 2. The molecule has 0 aliphatic rings. The molecule has 4 heterocycles. The molecule has 0 aromatic carbocycles. The average molecular weight is 480 g/mol. The van der Waals surface area contributed by atoms with Crippen LogP contribution in [0.4, 0.5) is 0 Å². The van der Waals surface area contributed by atoms with Gasteiger partial charge in [-0.05, 0) is 31.4 Å². The highest BCUT2D eigenvalue weighted by Crippen LogP contribution is 2.23. The molecule has 0 atom stereocenters. The van der Waals surface area contributed by atoms with Crippen LogP contribution in [0, 0.1) is 0 Å². The van der Waals surface area contributed by atoms with Crippen LogP contribution in [0.5, 0.6) is 0 Å². The zero-order valence-electron chi connectivity index (χ0n) is 20.3. The zero-order chi connectivity index (χ0) is 25.1. The molecule has 0 unspecified atom stereocenters. The number of fused-ring (bicyclic) bond motifs is 1. The minimum atomic E-state index is -0.553. The van der Waals surface area contributed by atoms with E-state index < -0.39 is 17.2 Å². The second-order valence-corrected chi connectivity index (χ2v) is 8.48. The Hall–Kier alpha value is -4.02. The van der Waals surface area contributed by atoms with Crippen molar-refractivity contribution in [3.05, 3.63) is 68.5 Å². The van der Waals surface area contributed by atoms with Gasteiger partial charge in [-0.1, -0.05) is 33.3 Å². The second kappa shape index (κ2) is 10.1. The first-order valence-electron chi connectivity index (χ1n) is 11.8. The van der Waals surface area contributed by atoms with Crippen LogP contribution >= 0.6 is 0 Å². The van der Waals surface area contributed by atoms with Gasteiger partial charge >= 0.3 is 11.7 Å². The summed E-state index contributed by atoms with van der Waals surface area (Å²) >= 11 is 0. The Morgan fingerprint density at radius 2 is 1.97 bits per heavy atom. The lowest BCUT2D eigenvalue weighted by Crippen LogP contribution is -2.31. The molecule has 35 heavy (non-hydrogen) atoms. The lowest BCUT2D eigenvalue weighted by molar-refractivity contribution is 0.0457. The predicted molar refractivity (Wildman–Crippen MR) is 130 cm³/mol. The summed E-state index contributed by atoms with van der Waals surface area (Å²) in [4.78, 5) is 49.3. The first kappa shape index (κ1) is 24.1. The highest BCUT2D eigenvalue weighted by atomic mass is 16.5. The summed E-state index contributed by atoms with van der Waals surface area (Å²) in [7, 11) is 0. The van der Waals surface area contributed by atoms with Crippen LogP contribution in [0.1, 0.15) is 68.3 Å². The molecule has 0 saturated heterocycles. The maximum atomic E-state index is 13.1. The number of hydrogen-bond donors (Lipinski definition) is 1. The third-order valence-electron chi connectivity index (χ3n) is 5.79. The summed E-state index contributed by atoms with van der Waals surface area (Å²) in [6.07, 6.45) is 4.79. The van der Waals surface area contributed by atoms with E-state index in [4.69, 9.17) is 4.74 Å². The van der Waals surface area contributed by atoms with Crippen molar-refractivity contribution in [1.82, 2.24) is 33.9 Å². The lowest BCUT2D eigenvalue weighted by Gasteiger charge is -2.12. The third-order valence-corrected chi connectivity index (χ3v) is 5.79. The van der Waals surface area contributed by atoms with E-state index in [9.17, 15) is 14.4 Å². The molecule has 0 amide bonds. The molecular formula is C24H29N7O4. The van der Waals surface area contributed by atoms with Gasteiger partial charge in [0.05, 0.1) is 11.9 Å². The van der Waals surface area contributed by atoms with Gasteiger partial charge in [-0.3, -0.25) is 14.3 Å². The molecular weight excluding hydrogens is 450 g/mol. The molecule has 1 N–H and O–H groups in total. The molecule has 11 nitrogen and oxygen atoms in total. The van der Waals surface area contributed by atoms with Gasteiger partial charge < -0.3 is 9.30 Å². The van der Waals surface area contributed by atoms with E-state index in [2.05, 4.69) is 20.1 Å². The first-order valence-corrected chi connectivity index (χ1v) is 11.8. The van der Waals surface area contributed by atoms with Crippen molar-refractivity contribution in [2.75, 3.05) is 0 Å². The molecule has 0 bridgehead atoms. The molecule has 0 radical (unpaired) electrons. The summed E-state index contributed by atoms with van der Waals surface area (Å²) in [6, 6.07) is 5.47. The number of aromatic amines is 1. The van der Waals surface area contributed by atoms with Crippen molar-refractivity contribution >= 4 is 17.1 Å². The number of unbranched alkanes of at least 4 members (excludes halogenated alkanes) is 1. The van der Waals surface area contributed by atoms with E-state index in [-0.39, 0.29) is 12.5 Å². The Labute approximate surface area is 201 Å². The molecule has 0 aliphatic heterocycles. The Morgan fingerprint density at radius 3 is 2.63 bits per heavy atom. The molecule has 4 aromatic heterocycles. The number of rotatable bonds is 9. The zero-order valence-corrected chi connectivity index (χ0v) is 20.3. The molecule has 4 aromatic rings. The van der Waals surface area contributed by atoms with E-state index >= 15 is 0 Å². The topological polar surface area (TPSA) is 130 Å². The van der Waals surface area contributed by atoms with Gasteiger partial charge in [-0.2, -0.15) is 5.10 Å². The number of aromatic nitrogens is 7. The number of pyridine rings is 1. The third kappa shape index (κ3) is 4.53. The van der Waals surface area contributed by atoms with Gasteiger partial charge in [0.15, 0.2) is 17.0 Å². The Balaban J connectivity index is 1.67. The van der Waals surface area contributed by atoms with Gasteiger partial charge in [-0.15, -0.1) is 0 Å². The average Bonchev–Trinajstić information content (AvgIpc) is 3.45. The molecule has 0 spiro atoms. The number of imidazole rings is 1. The number of carbonyl (C=O) groups excluding carboxylic acids is 1. The smallest absolute Gasteiger partial charge is 0.342 e. The van der Waals surface area contributed by atoms with E-state index in [1.54, 1.807) is 15.4 Å². The summed E-state index contributed by atoms with van der Waals surface area (Å²) in [5.41, 5.74) is 0.600. The van der Waals surface area contributed by atoms with E-state index in [1.807, 2.05) is 45.9 Å². The fourth-order valence-corrected chi connectivity index (χ4v) is 4.13. The number of H-pyrrole nitrogens is 1. The van der Waals surface area contributed by atoms with Crippen LogP contribution < -0.4 is 11.2 Å². The maximum Gasteiger partial charge on any atom is 0.342 e. The molecule has 184 valence electrons. The number of esters is 1. The Morgan fingerprint density at radius 1 is 1.17 bits per heavy atom. The van der Waals surface area contributed by atoms with E-state index in [1.165, 1.54) is 10.8 Å². The molecule has 0 saturated carbocycles. The summed E-state index contributed by atoms with van der Waals surface area (Å²) in [5.74, 6) is 0.421. The van der Waals surface area contributed by atoms with Crippen LogP contribution in [0.25, 0.3) is 17.0 Å². The molecule has 0 aliphatic carbocycles. The molecule has 0 fully saturated rings. The number of hydrogen-bond acceptors (Lipinski definition) is 7. The number of ether oxygens (including phenoxy) is 1. The van der Waals surface area contributed by atoms with E-state index in [0.29, 0.717) is 47.2 Å². The normalized spacial score (nSPS) is 11.5. The highest BCUT2D eigenvalue weighted by molar-refractivity contribution is 5.90. The van der Waals surface area contributed by atoms with Crippen molar-refractivity contribution in [1.29, 1.82) is 0 Å². The monoisotopic (exact) mass is 479 g/mol. The minimum Gasteiger partial charge on any atom is -0.454 e. The maximum absolute atomic E-state index is 13.1. The fraction of sp³-hybridized carbons (Fsp3) is 0.417.